The highest BCUT2D eigenvalue weighted by Crippen LogP contribution is 2.10. The first kappa shape index (κ1) is 8.23. The zero-order chi connectivity index (χ0) is 8.43. The maximum absolute atomic E-state index is 5.71. The van der Waals surface area contributed by atoms with E-state index in [9.17, 15) is 0 Å². The highest BCUT2D eigenvalue weighted by molar-refractivity contribution is 5.18. The van der Waals surface area contributed by atoms with Crippen LogP contribution in [0.3, 0.4) is 0 Å². The van der Waals surface area contributed by atoms with E-state index in [1.807, 2.05) is 20.2 Å². The molecule has 11 heavy (non-hydrogen) atoms. The van der Waals surface area contributed by atoms with Crippen LogP contribution in [0, 0.1) is 6.92 Å². The van der Waals surface area contributed by atoms with E-state index in [1.165, 1.54) is 0 Å². The molecule has 0 aliphatic carbocycles. The Hall–Kier alpha value is -0.870. The fourth-order valence-corrected chi connectivity index (χ4v) is 1.10. The summed E-state index contributed by atoms with van der Waals surface area (Å²) in [4.78, 5) is 0. The Labute approximate surface area is 66.2 Å². The van der Waals surface area contributed by atoms with Crippen molar-refractivity contribution < 1.29 is 0 Å². The number of aromatic nitrogens is 2. The van der Waals surface area contributed by atoms with Gasteiger partial charge in [0, 0.05) is 19.8 Å². The lowest BCUT2D eigenvalue weighted by atomic mass is 10.1. The molecule has 1 unspecified atom stereocenters. The molecular weight excluding hydrogens is 140 g/mol. The fourth-order valence-electron chi connectivity index (χ4n) is 1.10. The molecule has 62 valence electrons. The molecule has 0 spiro atoms. The monoisotopic (exact) mass is 154 g/mol. The van der Waals surface area contributed by atoms with Crippen LogP contribution in [0.15, 0.2) is 6.20 Å². The molecule has 0 amide bonds. The number of hydrogen-bond donors (Lipinski definition) is 2. The molecule has 0 bridgehead atoms. The molecule has 0 aliphatic rings. The fraction of sp³-hybridized carbons (Fsp3) is 0.571. The Morgan fingerprint density at radius 1 is 1.73 bits per heavy atom. The number of hydrogen-bond acceptors (Lipinski definition) is 3. The van der Waals surface area contributed by atoms with Crippen LogP contribution < -0.4 is 11.5 Å². The standard InChI is InChI=1S/C7H14N4/c1-5-4-11(2)10-7(5)6(9)3-8/h4,6H,3,8-9H2,1-2H3. The van der Waals surface area contributed by atoms with Gasteiger partial charge in [-0.25, -0.2) is 0 Å². The molecule has 1 aromatic rings. The molecule has 0 radical (unpaired) electrons. The Morgan fingerprint density at radius 3 is 2.73 bits per heavy atom. The lowest BCUT2D eigenvalue weighted by molar-refractivity contribution is 0.665. The largest absolute Gasteiger partial charge is 0.329 e. The first-order chi connectivity index (χ1) is 5.15. The van der Waals surface area contributed by atoms with E-state index in [-0.39, 0.29) is 6.04 Å². The molecule has 1 heterocycles. The third kappa shape index (κ3) is 1.58. The van der Waals surface area contributed by atoms with Crippen LogP contribution in [0.4, 0.5) is 0 Å². The van der Waals surface area contributed by atoms with Gasteiger partial charge in [-0.05, 0) is 12.5 Å². The summed E-state index contributed by atoms with van der Waals surface area (Å²) in [5.41, 5.74) is 13.1. The van der Waals surface area contributed by atoms with Gasteiger partial charge in [-0.1, -0.05) is 0 Å². The lowest BCUT2D eigenvalue weighted by Gasteiger charge is -2.04. The van der Waals surface area contributed by atoms with E-state index >= 15 is 0 Å². The SMILES string of the molecule is Cc1cn(C)nc1C(N)CN. The third-order valence-corrected chi connectivity index (χ3v) is 1.66. The minimum atomic E-state index is -0.129. The molecule has 0 aromatic carbocycles. The van der Waals surface area contributed by atoms with Crippen LogP contribution in [0.25, 0.3) is 0 Å². The second-order valence-corrected chi connectivity index (χ2v) is 2.71. The number of aryl methyl sites for hydroxylation is 2. The maximum Gasteiger partial charge on any atom is 0.0833 e. The van der Waals surface area contributed by atoms with E-state index in [1.54, 1.807) is 4.68 Å². The van der Waals surface area contributed by atoms with Crippen LogP contribution in [0.1, 0.15) is 17.3 Å². The van der Waals surface area contributed by atoms with Crippen molar-refractivity contribution in [3.05, 3.63) is 17.5 Å². The summed E-state index contributed by atoms with van der Waals surface area (Å²) in [5, 5.41) is 4.19. The zero-order valence-corrected chi connectivity index (χ0v) is 6.91. The van der Waals surface area contributed by atoms with Gasteiger partial charge in [0.1, 0.15) is 0 Å². The van der Waals surface area contributed by atoms with Crippen LogP contribution in [-0.2, 0) is 7.05 Å². The Balaban J connectivity index is 2.93. The summed E-state index contributed by atoms with van der Waals surface area (Å²) >= 11 is 0. The van der Waals surface area contributed by atoms with Crippen molar-refractivity contribution in [3.8, 4) is 0 Å². The summed E-state index contributed by atoms with van der Waals surface area (Å²) in [6.45, 7) is 2.43. The molecule has 1 atom stereocenters. The first-order valence-corrected chi connectivity index (χ1v) is 3.61. The van der Waals surface area contributed by atoms with Crippen molar-refractivity contribution in [2.24, 2.45) is 18.5 Å². The molecule has 0 fully saturated rings. The summed E-state index contributed by atoms with van der Waals surface area (Å²) in [6, 6.07) is -0.129. The van der Waals surface area contributed by atoms with Crippen molar-refractivity contribution in [3.63, 3.8) is 0 Å². The molecule has 4 nitrogen and oxygen atoms in total. The van der Waals surface area contributed by atoms with Crippen LogP contribution >= 0.6 is 0 Å². The average Bonchev–Trinajstić information content (AvgIpc) is 2.28. The number of nitrogens with two attached hydrogens (primary N) is 2. The van der Waals surface area contributed by atoms with Gasteiger partial charge in [0.15, 0.2) is 0 Å². The molecule has 1 rings (SSSR count). The quantitative estimate of drug-likeness (QED) is 0.613. The predicted octanol–water partition coefficient (Wildman–Crippen LogP) is -0.313. The topological polar surface area (TPSA) is 69.9 Å². The van der Waals surface area contributed by atoms with Crippen molar-refractivity contribution in [1.82, 2.24) is 9.78 Å². The first-order valence-electron chi connectivity index (χ1n) is 3.61. The number of rotatable bonds is 2. The molecule has 0 saturated heterocycles. The second kappa shape index (κ2) is 3.02. The van der Waals surface area contributed by atoms with Crippen LogP contribution in [0.2, 0.25) is 0 Å². The van der Waals surface area contributed by atoms with E-state index in [0.717, 1.165) is 11.3 Å². The number of nitrogens with zero attached hydrogens (tertiary/aromatic N) is 2. The van der Waals surface area contributed by atoms with Gasteiger partial charge >= 0.3 is 0 Å². The molecule has 0 saturated carbocycles. The van der Waals surface area contributed by atoms with E-state index < -0.39 is 0 Å². The summed E-state index contributed by atoms with van der Waals surface area (Å²) in [7, 11) is 1.87. The smallest absolute Gasteiger partial charge is 0.0833 e. The minimum Gasteiger partial charge on any atom is -0.329 e. The normalized spacial score (nSPS) is 13.5. The molecule has 4 N–H and O–H groups in total. The zero-order valence-electron chi connectivity index (χ0n) is 6.91. The van der Waals surface area contributed by atoms with Gasteiger partial charge in [-0.3, -0.25) is 4.68 Å². The highest BCUT2D eigenvalue weighted by atomic mass is 15.3. The Morgan fingerprint density at radius 2 is 2.36 bits per heavy atom. The van der Waals surface area contributed by atoms with Crippen molar-refractivity contribution in [1.29, 1.82) is 0 Å². The summed E-state index contributed by atoms with van der Waals surface area (Å²) < 4.78 is 1.75. The Kier molecular flexibility index (Phi) is 2.26. The lowest BCUT2D eigenvalue weighted by Crippen LogP contribution is -2.22. The van der Waals surface area contributed by atoms with Gasteiger partial charge < -0.3 is 11.5 Å². The third-order valence-electron chi connectivity index (χ3n) is 1.66. The highest BCUT2D eigenvalue weighted by Gasteiger charge is 2.09. The van der Waals surface area contributed by atoms with E-state index in [4.69, 9.17) is 11.5 Å². The van der Waals surface area contributed by atoms with Gasteiger partial charge in [0.05, 0.1) is 11.7 Å². The van der Waals surface area contributed by atoms with Gasteiger partial charge in [0.2, 0.25) is 0 Å². The van der Waals surface area contributed by atoms with E-state index in [2.05, 4.69) is 5.10 Å². The minimum absolute atomic E-state index is 0.129. The Bertz CT molecular complexity index is 241. The van der Waals surface area contributed by atoms with Crippen molar-refractivity contribution in [2.45, 2.75) is 13.0 Å². The molecule has 4 heteroatoms. The average molecular weight is 154 g/mol. The maximum atomic E-state index is 5.71. The van der Waals surface area contributed by atoms with Crippen LogP contribution in [0.5, 0.6) is 0 Å². The van der Waals surface area contributed by atoms with Crippen molar-refractivity contribution in [2.75, 3.05) is 6.54 Å². The van der Waals surface area contributed by atoms with Gasteiger partial charge in [-0.2, -0.15) is 5.10 Å². The van der Waals surface area contributed by atoms with Gasteiger partial charge in [-0.15, -0.1) is 0 Å². The predicted molar refractivity (Wildman–Crippen MR) is 43.9 cm³/mol. The second-order valence-electron chi connectivity index (χ2n) is 2.71. The van der Waals surface area contributed by atoms with Gasteiger partial charge in [0.25, 0.3) is 0 Å². The van der Waals surface area contributed by atoms with E-state index in [0.29, 0.717) is 6.54 Å². The molecule has 1 aromatic heterocycles. The molecular formula is C7H14N4. The van der Waals surface area contributed by atoms with Crippen molar-refractivity contribution >= 4 is 0 Å². The summed E-state index contributed by atoms with van der Waals surface area (Å²) in [6.07, 6.45) is 1.94. The van der Waals surface area contributed by atoms with Crippen LogP contribution in [-0.4, -0.2) is 16.3 Å². The summed E-state index contributed by atoms with van der Waals surface area (Å²) in [5.74, 6) is 0. The molecule has 0 aliphatic heterocycles.